The average Bonchev–Trinajstić information content (AvgIpc) is 2.82. The molecule has 2 unspecified atom stereocenters. The number of hydrogen-bond acceptors (Lipinski definition) is 3. The van der Waals surface area contributed by atoms with Crippen molar-refractivity contribution < 1.29 is 0 Å². The van der Waals surface area contributed by atoms with Gasteiger partial charge in [0.1, 0.15) is 0 Å². The lowest BCUT2D eigenvalue weighted by Crippen LogP contribution is -2.22. The Labute approximate surface area is 226 Å². The third kappa shape index (κ3) is 4.11. The maximum atomic E-state index is 14.1. The van der Waals surface area contributed by atoms with Gasteiger partial charge in [-0.15, -0.1) is 0 Å². The van der Waals surface area contributed by atoms with Crippen LogP contribution in [-0.2, 0) is 5.41 Å². The van der Waals surface area contributed by atoms with Gasteiger partial charge in [0.15, 0.2) is 5.65 Å². The van der Waals surface area contributed by atoms with E-state index < -0.39 is 0 Å². The maximum Gasteiger partial charge on any atom is 0.281 e. The molecule has 0 amide bonds. The molecule has 2 atom stereocenters. The van der Waals surface area contributed by atoms with E-state index >= 15 is 0 Å². The monoisotopic (exact) mass is 505 g/mol. The second-order valence-electron chi connectivity index (χ2n) is 12.4. The van der Waals surface area contributed by atoms with E-state index in [0.717, 1.165) is 44.6 Å². The largest absolute Gasteiger partial charge is 0.300 e. The Balaban J connectivity index is 1.98. The first-order valence-corrected chi connectivity index (χ1v) is 13.6. The van der Waals surface area contributed by atoms with E-state index in [0.29, 0.717) is 23.0 Å². The number of rotatable bonds is 2. The number of aromatic nitrogens is 3. The van der Waals surface area contributed by atoms with Crippen LogP contribution in [0.15, 0.2) is 58.5 Å². The predicted octanol–water partition coefficient (Wildman–Crippen LogP) is 8.14. The summed E-state index contributed by atoms with van der Waals surface area (Å²) in [6.45, 7) is 21.7. The summed E-state index contributed by atoms with van der Waals surface area (Å²) in [5, 5.41) is 0.889. The van der Waals surface area contributed by atoms with Crippen molar-refractivity contribution in [2.24, 2.45) is 11.8 Å². The van der Waals surface area contributed by atoms with Gasteiger partial charge >= 0.3 is 0 Å². The second-order valence-corrected chi connectivity index (χ2v) is 12.4. The lowest BCUT2D eigenvalue weighted by Gasteiger charge is -2.30. The molecular formula is C34H39N3O. The van der Waals surface area contributed by atoms with Crippen LogP contribution >= 0.6 is 0 Å². The van der Waals surface area contributed by atoms with Gasteiger partial charge in [-0.05, 0) is 86.9 Å². The molecule has 5 rings (SSSR count). The van der Waals surface area contributed by atoms with Gasteiger partial charge in [-0.3, -0.25) is 14.2 Å². The molecular weight excluding hydrogens is 466 g/mol. The molecule has 1 aliphatic carbocycles. The van der Waals surface area contributed by atoms with Crippen molar-refractivity contribution in [2.75, 3.05) is 0 Å². The van der Waals surface area contributed by atoms with E-state index in [9.17, 15) is 4.79 Å². The lowest BCUT2D eigenvalue weighted by molar-refractivity contribution is 0.521. The van der Waals surface area contributed by atoms with Crippen LogP contribution in [0.4, 0.5) is 0 Å². The number of hydrogen-bond donors (Lipinski definition) is 0. The van der Waals surface area contributed by atoms with Gasteiger partial charge in [-0.2, -0.15) is 4.98 Å². The van der Waals surface area contributed by atoms with Gasteiger partial charge in [0.25, 0.3) is 5.56 Å². The molecule has 0 radical (unpaired) electrons. The summed E-state index contributed by atoms with van der Waals surface area (Å²) in [7, 11) is 0. The minimum Gasteiger partial charge on any atom is -0.300 e. The smallest absolute Gasteiger partial charge is 0.281 e. The Morgan fingerprint density at radius 1 is 0.868 bits per heavy atom. The molecule has 0 spiro atoms. The molecule has 0 aliphatic heterocycles. The normalized spacial score (nSPS) is 18.4. The van der Waals surface area contributed by atoms with Gasteiger partial charge in [-0.1, -0.05) is 64.0 Å². The Bertz CT molecular complexity index is 1720. The topological polar surface area (TPSA) is 47.3 Å². The maximum absolute atomic E-state index is 14.1. The van der Waals surface area contributed by atoms with Crippen LogP contribution in [0.3, 0.4) is 0 Å². The van der Waals surface area contributed by atoms with Gasteiger partial charge in [0.2, 0.25) is 0 Å². The fourth-order valence-corrected chi connectivity index (χ4v) is 6.20. The van der Waals surface area contributed by atoms with Crippen molar-refractivity contribution in [1.82, 2.24) is 14.4 Å². The molecule has 4 aromatic rings. The highest BCUT2D eigenvalue weighted by atomic mass is 16.1. The Morgan fingerprint density at radius 3 is 2.16 bits per heavy atom. The summed E-state index contributed by atoms with van der Waals surface area (Å²) in [4.78, 5) is 23.8. The van der Waals surface area contributed by atoms with Crippen molar-refractivity contribution >= 4 is 22.1 Å². The molecule has 0 fully saturated rings. The standard InChI is InChI=1S/C34H39N3O/c1-18-15-20(3)28(21(4)16-18)30-31(29-22(5)17-19(2)23(6)24(29)7)37-14-13-26-25(32(37)36-33(30)38)11-12-27(35-26)34(8,9)10/h11-17,19,23H,1-10H3. The van der Waals surface area contributed by atoms with Crippen LogP contribution < -0.4 is 5.56 Å². The molecule has 0 N–H and O–H groups in total. The van der Waals surface area contributed by atoms with Crippen molar-refractivity contribution in [3.8, 4) is 11.1 Å². The highest BCUT2D eigenvalue weighted by molar-refractivity contribution is 5.96. The summed E-state index contributed by atoms with van der Waals surface area (Å²) < 4.78 is 2.13. The summed E-state index contributed by atoms with van der Waals surface area (Å²) in [6, 6.07) is 10.5. The highest BCUT2D eigenvalue weighted by Gasteiger charge is 2.29. The lowest BCUT2D eigenvalue weighted by atomic mass is 9.76. The molecule has 0 saturated carbocycles. The van der Waals surface area contributed by atoms with Gasteiger partial charge < -0.3 is 0 Å². The van der Waals surface area contributed by atoms with Crippen LogP contribution in [0, 0.1) is 32.6 Å². The number of benzene rings is 1. The molecule has 3 heterocycles. The Hall–Kier alpha value is -3.53. The fourth-order valence-electron chi connectivity index (χ4n) is 6.20. The molecule has 1 aromatic carbocycles. The van der Waals surface area contributed by atoms with E-state index in [4.69, 9.17) is 9.97 Å². The van der Waals surface area contributed by atoms with Crippen molar-refractivity contribution in [3.05, 3.63) is 92.2 Å². The van der Waals surface area contributed by atoms with Crippen LogP contribution in [0.1, 0.15) is 76.5 Å². The number of fused-ring (bicyclic) bond motifs is 3. The van der Waals surface area contributed by atoms with Crippen LogP contribution in [0.25, 0.3) is 33.3 Å². The van der Waals surface area contributed by atoms with E-state index in [-0.39, 0.29) is 11.0 Å². The van der Waals surface area contributed by atoms with Crippen molar-refractivity contribution in [3.63, 3.8) is 0 Å². The summed E-state index contributed by atoms with van der Waals surface area (Å²) in [5.74, 6) is 0.813. The molecule has 196 valence electrons. The minimum absolute atomic E-state index is 0.0678. The number of aryl methyl sites for hydroxylation is 3. The average molecular weight is 506 g/mol. The molecule has 4 nitrogen and oxygen atoms in total. The molecule has 38 heavy (non-hydrogen) atoms. The zero-order valence-electron chi connectivity index (χ0n) is 24.4. The second kappa shape index (κ2) is 9.04. The Morgan fingerprint density at radius 2 is 1.53 bits per heavy atom. The predicted molar refractivity (Wildman–Crippen MR) is 160 cm³/mol. The first kappa shape index (κ1) is 26.1. The van der Waals surface area contributed by atoms with Gasteiger partial charge in [-0.25, -0.2) is 0 Å². The highest BCUT2D eigenvalue weighted by Crippen LogP contribution is 2.42. The summed E-state index contributed by atoms with van der Waals surface area (Å²) in [5.41, 5.74) is 11.9. The SMILES string of the molecule is CC1=CC(C)C(C)C(C)=C1c1c(-c2c(C)cc(C)cc2C)c(=O)nc2c3ccc(C(C)(C)C)nc3ccn12. The first-order chi connectivity index (χ1) is 17.8. The zero-order chi connectivity index (χ0) is 27.7. The van der Waals surface area contributed by atoms with E-state index in [1.54, 1.807) is 0 Å². The number of pyridine rings is 2. The van der Waals surface area contributed by atoms with E-state index in [1.165, 1.54) is 16.7 Å². The number of nitrogens with zero attached hydrogens (tertiary/aromatic N) is 3. The molecule has 0 bridgehead atoms. The molecule has 1 aliphatic rings. The third-order valence-corrected chi connectivity index (χ3v) is 8.38. The van der Waals surface area contributed by atoms with Crippen molar-refractivity contribution in [2.45, 2.75) is 74.7 Å². The molecule has 4 heteroatoms. The van der Waals surface area contributed by atoms with E-state index in [1.807, 2.05) is 0 Å². The van der Waals surface area contributed by atoms with Gasteiger partial charge in [0, 0.05) is 28.3 Å². The van der Waals surface area contributed by atoms with Crippen LogP contribution in [0.2, 0.25) is 0 Å². The summed E-state index contributed by atoms with van der Waals surface area (Å²) >= 11 is 0. The molecule has 3 aromatic heterocycles. The summed E-state index contributed by atoms with van der Waals surface area (Å²) in [6.07, 6.45) is 4.40. The Kier molecular flexibility index (Phi) is 6.21. The quantitative estimate of drug-likeness (QED) is 0.258. The first-order valence-electron chi connectivity index (χ1n) is 13.6. The third-order valence-electron chi connectivity index (χ3n) is 8.38. The van der Waals surface area contributed by atoms with E-state index in [2.05, 4.69) is 116 Å². The van der Waals surface area contributed by atoms with Crippen molar-refractivity contribution in [1.29, 1.82) is 0 Å². The van der Waals surface area contributed by atoms with Crippen LogP contribution in [0.5, 0.6) is 0 Å². The van der Waals surface area contributed by atoms with Gasteiger partial charge in [0.05, 0.1) is 16.8 Å². The molecule has 0 saturated heterocycles. The minimum atomic E-state index is -0.193. The number of allylic oxidation sites excluding steroid dienone is 4. The zero-order valence-corrected chi connectivity index (χ0v) is 24.4. The fraction of sp³-hybridized carbons (Fsp3) is 0.382. The van der Waals surface area contributed by atoms with Crippen LogP contribution in [-0.4, -0.2) is 14.4 Å².